The molecule has 1 N–H and O–H groups in total. The van der Waals surface area contributed by atoms with Crippen molar-refractivity contribution in [2.75, 3.05) is 0 Å². The van der Waals surface area contributed by atoms with Gasteiger partial charge in [0.25, 0.3) is 0 Å². The molecule has 0 unspecified atom stereocenters. The number of carbonyl (C=O) groups is 1. The summed E-state index contributed by atoms with van der Waals surface area (Å²) < 4.78 is 19.5. The van der Waals surface area contributed by atoms with Gasteiger partial charge in [-0.1, -0.05) is 36.4 Å². The molecular weight excluding hydrogens is 295 g/mol. The lowest BCUT2D eigenvalue weighted by molar-refractivity contribution is 0.0695. The lowest BCUT2D eigenvalue weighted by atomic mass is 10.00. The first-order valence-corrected chi connectivity index (χ1v) is 7.19. The van der Waals surface area contributed by atoms with Crippen LogP contribution in [0.25, 0.3) is 10.8 Å². The van der Waals surface area contributed by atoms with Gasteiger partial charge in [0.2, 0.25) is 0 Å². The van der Waals surface area contributed by atoms with Crippen LogP contribution in [0.2, 0.25) is 0 Å². The van der Waals surface area contributed by atoms with Gasteiger partial charge in [0, 0.05) is 10.9 Å². The van der Waals surface area contributed by atoms with Gasteiger partial charge in [-0.25, -0.2) is 9.18 Å². The predicted molar refractivity (Wildman–Crippen MR) is 86.4 cm³/mol. The van der Waals surface area contributed by atoms with Gasteiger partial charge < -0.3 is 9.84 Å². The van der Waals surface area contributed by atoms with E-state index in [1.165, 1.54) is 12.1 Å². The zero-order chi connectivity index (χ0) is 16.4. The minimum atomic E-state index is -1.03. The third kappa shape index (κ3) is 3.01. The topological polar surface area (TPSA) is 46.5 Å². The number of halogens is 1. The standard InChI is InChI=1S/C19H15FO3/c1-12-16(19(21)22)9-14-7-8-15(20)10-17(14)18(12)23-11-13-5-3-2-4-6-13/h2-10H,11H2,1H3,(H,21,22). The maximum absolute atomic E-state index is 13.6. The third-order valence-corrected chi connectivity index (χ3v) is 3.76. The first kappa shape index (κ1) is 15.0. The maximum atomic E-state index is 13.6. The summed E-state index contributed by atoms with van der Waals surface area (Å²) >= 11 is 0. The van der Waals surface area contributed by atoms with Crippen LogP contribution in [0.15, 0.2) is 54.6 Å². The van der Waals surface area contributed by atoms with Crippen LogP contribution in [-0.4, -0.2) is 11.1 Å². The number of hydrogen-bond acceptors (Lipinski definition) is 2. The molecule has 0 heterocycles. The second-order valence-electron chi connectivity index (χ2n) is 5.32. The second kappa shape index (κ2) is 6.08. The van der Waals surface area contributed by atoms with Crippen LogP contribution in [0, 0.1) is 12.7 Å². The Hall–Kier alpha value is -2.88. The molecule has 3 aromatic rings. The Bertz CT molecular complexity index is 873. The van der Waals surface area contributed by atoms with Gasteiger partial charge in [-0.15, -0.1) is 0 Å². The van der Waals surface area contributed by atoms with Gasteiger partial charge in [0.1, 0.15) is 18.2 Å². The van der Waals surface area contributed by atoms with Crippen molar-refractivity contribution in [3.63, 3.8) is 0 Å². The highest BCUT2D eigenvalue weighted by Crippen LogP contribution is 2.33. The molecule has 0 aliphatic rings. The Morgan fingerprint density at radius 1 is 1.13 bits per heavy atom. The summed E-state index contributed by atoms with van der Waals surface area (Å²) in [4.78, 5) is 11.4. The van der Waals surface area contributed by atoms with E-state index in [1.54, 1.807) is 19.1 Å². The van der Waals surface area contributed by atoms with E-state index < -0.39 is 5.97 Å². The predicted octanol–water partition coefficient (Wildman–Crippen LogP) is 4.56. The Morgan fingerprint density at radius 3 is 2.57 bits per heavy atom. The van der Waals surface area contributed by atoms with Crippen LogP contribution in [0.1, 0.15) is 21.5 Å². The molecule has 0 atom stereocenters. The molecule has 4 heteroatoms. The number of hydrogen-bond donors (Lipinski definition) is 1. The van der Waals surface area contributed by atoms with E-state index in [2.05, 4.69) is 0 Å². The van der Waals surface area contributed by atoms with Crippen molar-refractivity contribution in [2.24, 2.45) is 0 Å². The quantitative estimate of drug-likeness (QED) is 0.768. The molecule has 0 fully saturated rings. The molecule has 3 nitrogen and oxygen atoms in total. The molecule has 116 valence electrons. The van der Waals surface area contributed by atoms with E-state index in [0.29, 0.717) is 22.1 Å². The summed E-state index contributed by atoms with van der Waals surface area (Å²) in [5, 5.41) is 10.6. The largest absolute Gasteiger partial charge is 0.488 e. The monoisotopic (exact) mass is 310 g/mol. The number of ether oxygens (including phenoxy) is 1. The number of aromatic carboxylic acids is 1. The number of carboxylic acid groups (broad SMARTS) is 1. The highest BCUT2D eigenvalue weighted by molar-refractivity contribution is 5.99. The average Bonchev–Trinajstić information content (AvgIpc) is 2.54. The number of benzene rings is 3. The summed E-state index contributed by atoms with van der Waals surface area (Å²) in [6, 6.07) is 15.3. The molecule has 3 aromatic carbocycles. The minimum Gasteiger partial charge on any atom is -0.488 e. The van der Waals surface area contributed by atoms with Crippen LogP contribution in [0.5, 0.6) is 5.75 Å². The van der Waals surface area contributed by atoms with Gasteiger partial charge in [0.05, 0.1) is 5.56 Å². The molecule has 0 bridgehead atoms. The summed E-state index contributed by atoms with van der Waals surface area (Å²) in [5.74, 6) is -1.01. The number of carboxylic acids is 1. The normalized spacial score (nSPS) is 10.7. The number of fused-ring (bicyclic) bond motifs is 1. The molecule has 0 aromatic heterocycles. The van der Waals surface area contributed by atoms with Crippen molar-refractivity contribution in [1.29, 1.82) is 0 Å². The molecule has 0 aliphatic carbocycles. The van der Waals surface area contributed by atoms with Crippen molar-refractivity contribution >= 4 is 16.7 Å². The smallest absolute Gasteiger partial charge is 0.336 e. The van der Waals surface area contributed by atoms with Crippen molar-refractivity contribution in [1.82, 2.24) is 0 Å². The van der Waals surface area contributed by atoms with Crippen molar-refractivity contribution in [3.05, 3.63) is 77.1 Å². The fourth-order valence-corrected chi connectivity index (χ4v) is 2.58. The Labute approximate surface area is 132 Å². The van der Waals surface area contributed by atoms with Crippen LogP contribution < -0.4 is 4.74 Å². The van der Waals surface area contributed by atoms with Crippen LogP contribution >= 0.6 is 0 Å². The summed E-state index contributed by atoms with van der Waals surface area (Å²) in [6.45, 7) is 1.96. The fraction of sp³-hybridized carbons (Fsp3) is 0.105. The van der Waals surface area contributed by atoms with Crippen molar-refractivity contribution in [2.45, 2.75) is 13.5 Å². The van der Waals surface area contributed by atoms with E-state index in [9.17, 15) is 14.3 Å². The molecule has 0 spiro atoms. The summed E-state index contributed by atoms with van der Waals surface area (Å²) in [7, 11) is 0. The molecule has 0 radical (unpaired) electrons. The Kier molecular flexibility index (Phi) is 3.98. The van der Waals surface area contributed by atoms with E-state index in [0.717, 1.165) is 5.56 Å². The second-order valence-corrected chi connectivity index (χ2v) is 5.32. The molecule has 0 amide bonds. The highest BCUT2D eigenvalue weighted by Gasteiger charge is 2.16. The van der Waals surface area contributed by atoms with Crippen molar-refractivity contribution < 1.29 is 19.0 Å². The summed E-state index contributed by atoms with van der Waals surface area (Å²) in [5.41, 5.74) is 1.61. The number of rotatable bonds is 4. The van der Waals surface area contributed by atoms with E-state index in [1.807, 2.05) is 30.3 Å². The molecule has 0 aliphatic heterocycles. The minimum absolute atomic E-state index is 0.159. The van der Waals surface area contributed by atoms with Crippen LogP contribution in [0.3, 0.4) is 0 Å². The Balaban J connectivity index is 2.10. The van der Waals surface area contributed by atoms with Gasteiger partial charge in [-0.3, -0.25) is 0 Å². The lowest BCUT2D eigenvalue weighted by Crippen LogP contribution is -2.04. The first-order chi connectivity index (χ1) is 11.1. The van der Waals surface area contributed by atoms with E-state index in [-0.39, 0.29) is 18.0 Å². The van der Waals surface area contributed by atoms with Crippen LogP contribution in [-0.2, 0) is 6.61 Å². The van der Waals surface area contributed by atoms with Gasteiger partial charge in [0.15, 0.2) is 0 Å². The van der Waals surface area contributed by atoms with Crippen molar-refractivity contribution in [3.8, 4) is 5.75 Å². The Morgan fingerprint density at radius 2 is 1.87 bits per heavy atom. The fourth-order valence-electron chi connectivity index (χ4n) is 2.58. The molecular formula is C19H15FO3. The van der Waals surface area contributed by atoms with Gasteiger partial charge >= 0.3 is 5.97 Å². The molecule has 23 heavy (non-hydrogen) atoms. The lowest BCUT2D eigenvalue weighted by Gasteiger charge is -2.15. The van der Waals surface area contributed by atoms with Gasteiger partial charge in [-0.05, 0) is 36.1 Å². The third-order valence-electron chi connectivity index (χ3n) is 3.76. The van der Waals surface area contributed by atoms with Gasteiger partial charge in [-0.2, -0.15) is 0 Å². The van der Waals surface area contributed by atoms with Crippen LogP contribution in [0.4, 0.5) is 4.39 Å². The zero-order valence-corrected chi connectivity index (χ0v) is 12.5. The molecule has 3 rings (SSSR count). The van der Waals surface area contributed by atoms with E-state index >= 15 is 0 Å². The average molecular weight is 310 g/mol. The highest BCUT2D eigenvalue weighted by atomic mass is 19.1. The maximum Gasteiger partial charge on any atom is 0.336 e. The van der Waals surface area contributed by atoms with E-state index in [4.69, 9.17) is 4.74 Å². The zero-order valence-electron chi connectivity index (χ0n) is 12.5. The molecule has 0 saturated heterocycles. The first-order valence-electron chi connectivity index (χ1n) is 7.19. The summed E-state index contributed by atoms with van der Waals surface area (Å²) in [6.07, 6.45) is 0. The SMILES string of the molecule is Cc1c(C(=O)O)cc2ccc(F)cc2c1OCc1ccccc1. The molecule has 0 saturated carbocycles.